The van der Waals surface area contributed by atoms with Gasteiger partial charge in [-0.1, -0.05) is 29.3 Å². The number of hydrogen-bond acceptors (Lipinski definition) is 4. The summed E-state index contributed by atoms with van der Waals surface area (Å²) in [4.78, 5) is 18.1. The second-order valence-electron chi connectivity index (χ2n) is 4.79. The van der Waals surface area contributed by atoms with Gasteiger partial charge in [0.25, 0.3) is 5.91 Å². The van der Waals surface area contributed by atoms with E-state index >= 15 is 0 Å². The molecule has 0 aliphatic carbocycles. The number of carbonyl (C=O) groups excluding carboxylic acids is 1. The zero-order valence-electron chi connectivity index (χ0n) is 12.6. The molecule has 0 unspecified atom stereocenters. The molecule has 2 aromatic rings. The number of hydrogen-bond donors (Lipinski definition) is 1. The van der Waals surface area contributed by atoms with E-state index in [0.717, 1.165) is 0 Å². The predicted molar refractivity (Wildman–Crippen MR) is 87.0 cm³/mol. The molecule has 2 rings (SSSR count). The lowest BCUT2D eigenvalue weighted by Gasteiger charge is -2.14. The maximum atomic E-state index is 12.3. The van der Waals surface area contributed by atoms with Crippen LogP contribution in [0.4, 0.5) is 0 Å². The van der Waals surface area contributed by atoms with Gasteiger partial charge in [0.1, 0.15) is 11.5 Å². The number of para-hydroxylation sites is 1. The van der Waals surface area contributed by atoms with Gasteiger partial charge in [0.05, 0.1) is 10.0 Å². The fraction of sp³-hybridized carbons (Fsp3) is 0.357. The van der Waals surface area contributed by atoms with Crippen LogP contribution >= 0.6 is 23.2 Å². The molecule has 6 nitrogen and oxygen atoms in total. The van der Waals surface area contributed by atoms with Crippen molar-refractivity contribution >= 4 is 29.1 Å². The van der Waals surface area contributed by atoms with Crippen LogP contribution in [0.25, 0.3) is 5.69 Å². The molecule has 1 aromatic heterocycles. The summed E-state index contributed by atoms with van der Waals surface area (Å²) in [5.74, 6) is 0.410. The Bertz CT molecular complexity index is 666. The van der Waals surface area contributed by atoms with Crippen LogP contribution in [0.1, 0.15) is 16.4 Å². The van der Waals surface area contributed by atoms with Gasteiger partial charge in [0.15, 0.2) is 0 Å². The highest BCUT2D eigenvalue weighted by molar-refractivity contribution is 6.37. The molecule has 22 heavy (non-hydrogen) atoms. The molecular formula is C14H17Cl2N5O. The lowest BCUT2D eigenvalue weighted by atomic mass is 10.3. The molecule has 0 spiro atoms. The van der Waals surface area contributed by atoms with Crippen LogP contribution in [0.2, 0.25) is 10.0 Å². The van der Waals surface area contributed by atoms with E-state index in [1.165, 1.54) is 4.68 Å². The zero-order valence-corrected chi connectivity index (χ0v) is 14.1. The maximum Gasteiger partial charge on any atom is 0.293 e. The van der Waals surface area contributed by atoms with Gasteiger partial charge in [-0.25, -0.2) is 9.67 Å². The highest BCUT2D eigenvalue weighted by atomic mass is 35.5. The van der Waals surface area contributed by atoms with Crippen LogP contribution in [0.3, 0.4) is 0 Å². The van der Waals surface area contributed by atoms with E-state index in [2.05, 4.69) is 15.4 Å². The first-order chi connectivity index (χ1) is 10.5. The largest absolute Gasteiger partial charge is 0.338 e. The molecule has 0 aliphatic heterocycles. The molecule has 0 aliphatic rings. The van der Waals surface area contributed by atoms with Crippen molar-refractivity contribution in [3.05, 3.63) is 39.9 Å². The first kappa shape index (κ1) is 16.7. The Labute approximate surface area is 139 Å². The van der Waals surface area contributed by atoms with Crippen molar-refractivity contribution in [3.8, 4) is 5.69 Å². The van der Waals surface area contributed by atoms with Gasteiger partial charge in [0.2, 0.25) is 5.82 Å². The number of halogens is 2. The highest BCUT2D eigenvalue weighted by Gasteiger charge is 2.20. The standard InChI is InChI=1S/C14H17Cl2N5O/c1-9-18-13(14(22)20(3)8-7-17-2)19-21(9)12-10(15)5-4-6-11(12)16/h4-6,17H,7-8H2,1-3H3. The van der Waals surface area contributed by atoms with Crippen molar-refractivity contribution in [1.29, 1.82) is 0 Å². The monoisotopic (exact) mass is 341 g/mol. The van der Waals surface area contributed by atoms with Crippen molar-refractivity contribution in [3.63, 3.8) is 0 Å². The number of nitrogens with one attached hydrogen (secondary N) is 1. The summed E-state index contributed by atoms with van der Waals surface area (Å²) in [5, 5.41) is 8.14. The molecule has 1 heterocycles. The first-order valence-corrected chi connectivity index (χ1v) is 7.49. The fourth-order valence-corrected chi connectivity index (χ4v) is 2.49. The summed E-state index contributed by atoms with van der Waals surface area (Å²) < 4.78 is 1.49. The van der Waals surface area contributed by atoms with Gasteiger partial charge < -0.3 is 10.2 Å². The molecule has 0 radical (unpaired) electrons. The molecule has 118 valence electrons. The minimum Gasteiger partial charge on any atom is -0.338 e. The second kappa shape index (κ2) is 7.09. The molecule has 0 saturated heterocycles. The van der Waals surface area contributed by atoms with Gasteiger partial charge >= 0.3 is 0 Å². The summed E-state index contributed by atoms with van der Waals surface area (Å²) in [6.07, 6.45) is 0. The number of benzene rings is 1. The third kappa shape index (κ3) is 3.40. The third-order valence-corrected chi connectivity index (χ3v) is 3.76. The number of carbonyl (C=O) groups is 1. The number of amides is 1. The predicted octanol–water partition coefficient (Wildman–Crippen LogP) is 2.17. The molecule has 0 atom stereocenters. The molecule has 0 bridgehead atoms. The van der Waals surface area contributed by atoms with Gasteiger partial charge in [0, 0.05) is 20.1 Å². The SMILES string of the molecule is CNCCN(C)C(=O)c1nc(C)n(-c2c(Cl)cccc2Cl)n1. The van der Waals surface area contributed by atoms with Crippen molar-refractivity contribution in [1.82, 2.24) is 25.0 Å². The maximum absolute atomic E-state index is 12.3. The first-order valence-electron chi connectivity index (χ1n) is 6.73. The normalized spacial score (nSPS) is 10.8. The Kier molecular flexibility index (Phi) is 5.39. The fourth-order valence-electron chi connectivity index (χ4n) is 1.94. The molecule has 1 N–H and O–H groups in total. The molecule has 1 aromatic carbocycles. The van der Waals surface area contributed by atoms with Crippen molar-refractivity contribution in [2.75, 3.05) is 27.2 Å². The Balaban J connectivity index is 2.34. The lowest BCUT2D eigenvalue weighted by molar-refractivity contribution is 0.0785. The molecule has 1 amide bonds. The number of aromatic nitrogens is 3. The van der Waals surface area contributed by atoms with Crippen LogP contribution in [-0.2, 0) is 0 Å². The van der Waals surface area contributed by atoms with Crippen molar-refractivity contribution in [2.45, 2.75) is 6.92 Å². The van der Waals surface area contributed by atoms with Gasteiger partial charge in [-0.3, -0.25) is 4.79 Å². The Morgan fingerprint density at radius 1 is 1.36 bits per heavy atom. The van der Waals surface area contributed by atoms with Crippen molar-refractivity contribution < 1.29 is 4.79 Å². The molecule has 0 fully saturated rings. The van der Waals surface area contributed by atoms with E-state index in [9.17, 15) is 4.79 Å². The average molecular weight is 342 g/mol. The summed E-state index contributed by atoms with van der Waals surface area (Å²) in [5.41, 5.74) is 0.521. The quantitative estimate of drug-likeness (QED) is 0.905. The average Bonchev–Trinajstić information content (AvgIpc) is 2.85. The summed E-state index contributed by atoms with van der Waals surface area (Å²) in [7, 11) is 3.53. The minimum absolute atomic E-state index is 0.118. The van der Waals surface area contributed by atoms with Crippen LogP contribution < -0.4 is 5.32 Å². The van der Waals surface area contributed by atoms with Crippen LogP contribution in [-0.4, -0.2) is 52.8 Å². The molecule has 8 heteroatoms. The lowest BCUT2D eigenvalue weighted by Crippen LogP contribution is -2.33. The topological polar surface area (TPSA) is 63.1 Å². The third-order valence-electron chi connectivity index (χ3n) is 3.15. The number of rotatable bonds is 5. The summed E-state index contributed by atoms with van der Waals surface area (Å²) >= 11 is 12.4. The minimum atomic E-state index is -0.250. The van der Waals surface area contributed by atoms with E-state index < -0.39 is 0 Å². The highest BCUT2D eigenvalue weighted by Crippen LogP contribution is 2.28. The van der Waals surface area contributed by atoms with E-state index in [-0.39, 0.29) is 11.7 Å². The molecule has 0 saturated carbocycles. The Hall–Kier alpha value is -1.63. The smallest absolute Gasteiger partial charge is 0.293 e. The molecular weight excluding hydrogens is 325 g/mol. The van der Waals surface area contributed by atoms with Gasteiger partial charge in [-0.15, -0.1) is 5.10 Å². The number of aryl methyl sites for hydroxylation is 1. The summed E-state index contributed by atoms with van der Waals surface area (Å²) in [6, 6.07) is 5.17. The van der Waals surface area contributed by atoms with E-state index in [0.29, 0.717) is 34.6 Å². The summed E-state index contributed by atoms with van der Waals surface area (Å²) in [6.45, 7) is 3.01. The number of likely N-dealkylation sites (N-methyl/N-ethyl adjacent to an activating group) is 2. The Morgan fingerprint density at radius 2 is 2.00 bits per heavy atom. The van der Waals surface area contributed by atoms with Crippen LogP contribution in [0.5, 0.6) is 0 Å². The van der Waals surface area contributed by atoms with Crippen molar-refractivity contribution in [2.24, 2.45) is 0 Å². The van der Waals surface area contributed by atoms with E-state index in [1.807, 2.05) is 7.05 Å². The van der Waals surface area contributed by atoms with Crippen LogP contribution in [0.15, 0.2) is 18.2 Å². The Morgan fingerprint density at radius 3 is 2.59 bits per heavy atom. The zero-order chi connectivity index (χ0) is 16.3. The van der Waals surface area contributed by atoms with E-state index in [1.54, 1.807) is 37.1 Å². The number of nitrogens with zero attached hydrogens (tertiary/aromatic N) is 4. The van der Waals surface area contributed by atoms with Crippen LogP contribution in [0, 0.1) is 6.92 Å². The van der Waals surface area contributed by atoms with E-state index in [4.69, 9.17) is 23.2 Å². The van der Waals surface area contributed by atoms with Gasteiger partial charge in [-0.05, 0) is 26.1 Å². The second-order valence-corrected chi connectivity index (χ2v) is 5.61. The van der Waals surface area contributed by atoms with Gasteiger partial charge in [-0.2, -0.15) is 0 Å².